The third-order valence-electron chi connectivity index (χ3n) is 3.80. The Morgan fingerprint density at radius 1 is 1.21 bits per heavy atom. The van der Waals surface area contributed by atoms with Crippen LogP contribution in [-0.4, -0.2) is 33.6 Å². The minimum atomic E-state index is -0.471. The van der Waals surface area contributed by atoms with Crippen molar-refractivity contribution in [3.8, 4) is 17.5 Å². The zero-order chi connectivity index (χ0) is 20.5. The number of benzene rings is 1. The number of nitrogens with zero attached hydrogens (tertiary/aromatic N) is 4. The van der Waals surface area contributed by atoms with Gasteiger partial charge in [-0.2, -0.15) is 10.2 Å². The van der Waals surface area contributed by atoms with Crippen LogP contribution in [0.4, 0.5) is 5.69 Å². The number of nitrogens with one attached hydrogen (secondary N) is 1. The Morgan fingerprint density at radius 3 is 2.76 bits per heavy atom. The molecule has 0 aliphatic heterocycles. The number of rotatable bonds is 8. The molecule has 0 radical (unpaired) electrons. The fourth-order valence-corrected chi connectivity index (χ4v) is 2.41. The van der Waals surface area contributed by atoms with Crippen molar-refractivity contribution in [3.05, 3.63) is 60.2 Å². The fraction of sp³-hybridized carbons (Fsp3) is 0.200. The third-order valence-corrected chi connectivity index (χ3v) is 3.80. The summed E-state index contributed by atoms with van der Waals surface area (Å²) in [5.74, 6) is 0.0430. The highest BCUT2D eigenvalue weighted by Gasteiger charge is 2.10. The Kier molecular flexibility index (Phi) is 6.62. The monoisotopic (exact) mass is 391 g/mol. The number of ether oxygens (including phenoxy) is 1. The predicted molar refractivity (Wildman–Crippen MR) is 101 cm³/mol. The number of hydrogen-bond donors (Lipinski definition) is 1. The molecule has 9 heteroatoms. The third kappa shape index (κ3) is 5.71. The summed E-state index contributed by atoms with van der Waals surface area (Å²) in [7, 11) is 0. The molecule has 1 amide bonds. The van der Waals surface area contributed by atoms with E-state index in [2.05, 4.69) is 20.4 Å². The van der Waals surface area contributed by atoms with Crippen LogP contribution in [0.25, 0.3) is 11.4 Å². The molecule has 1 aromatic carbocycles. The first kappa shape index (κ1) is 19.7. The van der Waals surface area contributed by atoms with Crippen LogP contribution in [0.15, 0.2) is 53.3 Å². The van der Waals surface area contributed by atoms with E-state index in [1.807, 2.05) is 6.07 Å². The summed E-state index contributed by atoms with van der Waals surface area (Å²) in [4.78, 5) is 31.7. The number of nitriles is 1. The molecule has 0 spiro atoms. The zero-order valence-electron chi connectivity index (χ0n) is 15.4. The van der Waals surface area contributed by atoms with Crippen molar-refractivity contribution in [2.24, 2.45) is 0 Å². The van der Waals surface area contributed by atoms with Crippen LogP contribution in [0, 0.1) is 11.3 Å². The quantitative estimate of drug-likeness (QED) is 0.458. The Balaban J connectivity index is 1.43. The lowest BCUT2D eigenvalue weighted by atomic mass is 10.2. The molecule has 0 saturated carbocycles. The molecule has 2 aromatic heterocycles. The van der Waals surface area contributed by atoms with Gasteiger partial charge in [0.05, 0.1) is 18.2 Å². The van der Waals surface area contributed by atoms with Gasteiger partial charge in [-0.1, -0.05) is 5.16 Å². The van der Waals surface area contributed by atoms with Crippen LogP contribution in [0.5, 0.6) is 0 Å². The molecular formula is C20H17N5O4. The fourth-order valence-electron chi connectivity index (χ4n) is 2.41. The molecule has 0 bridgehead atoms. The molecule has 3 aromatic rings. The summed E-state index contributed by atoms with van der Waals surface area (Å²) in [6, 6.07) is 11.6. The number of pyridine rings is 1. The van der Waals surface area contributed by atoms with Crippen molar-refractivity contribution in [3.63, 3.8) is 0 Å². The van der Waals surface area contributed by atoms with E-state index in [4.69, 9.17) is 14.5 Å². The molecule has 1 N–H and O–H groups in total. The van der Waals surface area contributed by atoms with Crippen LogP contribution in [0.2, 0.25) is 0 Å². The summed E-state index contributed by atoms with van der Waals surface area (Å²) in [6.45, 7) is 0.199. The summed E-state index contributed by atoms with van der Waals surface area (Å²) >= 11 is 0. The van der Waals surface area contributed by atoms with Crippen LogP contribution in [-0.2, 0) is 16.0 Å². The average molecular weight is 391 g/mol. The van der Waals surface area contributed by atoms with Gasteiger partial charge in [-0.25, -0.2) is 4.79 Å². The second kappa shape index (κ2) is 9.75. The van der Waals surface area contributed by atoms with E-state index in [-0.39, 0.29) is 13.0 Å². The number of carbonyl (C=O) groups excluding carboxylic acids is 2. The molecule has 2 heterocycles. The Bertz CT molecular complexity index is 1010. The van der Waals surface area contributed by atoms with Gasteiger partial charge in [0.25, 0.3) is 0 Å². The minimum absolute atomic E-state index is 0.199. The number of anilines is 1. The first-order chi connectivity index (χ1) is 14.2. The molecule has 9 nitrogen and oxygen atoms in total. The maximum absolute atomic E-state index is 12.1. The number of esters is 1. The average Bonchev–Trinajstić information content (AvgIpc) is 3.21. The highest BCUT2D eigenvalue weighted by Crippen LogP contribution is 2.15. The van der Waals surface area contributed by atoms with Crippen LogP contribution < -0.4 is 5.32 Å². The molecule has 146 valence electrons. The first-order valence-corrected chi connectivity index (χ1v) is 8.82. The lowest BCUT2D eigenvalue weighted by molar-refractivity contribution is -0.115. The van der Waals surface area contributed by atoms with Gasteiger partial charge in [0.1, 0.15) is 6.42 Å². The maximum atomic E-state index is 12.1. The van der Waals surface area contributed by atoms with Gasteiger partial charge in [-0.15, -0.1) is 0 Å². The van der Waals surface area contributed by atoms with Crippen LogP contribution >= 0.6 is 0 Å². The van der Waals surface area contributed by atoms with Crippen molar-refractivity contribution in [2.75, 3.05) is 11.9 Å². The predicted octanol–water partition coefficient (Wildman–Crippen LogP) is 2.77. The Labute approximate surface area is 166 Å². The minimum Gasteiger partial charge on any atom is -0.462 e. The number of aryl methyl sites for hydroxylation is 1. The summed E-state index contributed by atoms with van der Waals surface area (Å²) < 4.78 is 10.4. The molecular weight excluding hydrogens is 374 g/mol. The van der Waals surface area contributed by atoms with E-state index >= 15 is 0 Å². The lowest BCUT2D eigenvalue weighted by Crippen LogP contribution is -2.11. The second-order valence-corrected chi connectivity index (χ2v) is 5.95. The van der Waals surface area contributed by atoms with Gasteiger partial charge in [0, 0.05) is 30.1 Å². The van der Waals surface area contributed by atoms with E-state index in [9.17, 15) is 9.59 Å². The smallest absolute Gasteiger partial charge is 0.338 e. The van der Waals surface area contributed by atoms with Gasteiger partial charge in [0.2, 0.25) is 17.6 Å². The topological polar surface area (TPSA) is 131 Å². The number of aromatic nitrogens is 3. The van der Waals surface area contributed by atoms with E-state index in [1.165, 1.54) is 0 Å². The van der Waals surface area contributed by atoms with Gasteiger partial charge >= 0.3 is 5.97 Å². The molecule has 29 heavy (non-hydrogen) atoms. The van der Waals surface area contributed by atoms with Crippen LogP contribution in [0.3, 0.4) is 0 Å². The number of hydrogen-bond acceptors (Lipinski definition) is 8. The number of amides is 1. The second-order valence-electron chi connectivity index (χ2n) is 5.95. The van der Waals surface area contributed by atoms with Gasteiger partial charge in [-0.05, 0) is 42.8 Å². The van der Waals surface area contributed by atoms with E-state index in [1.54, 1.807) is 48.8 Å². The highest BCUT2D eigenvalue weighted by atomic mass is 16.5. The first-order valence-electron chi connectivity index (χ1n) is 8.82. The van der Waals surface area contributed by atoms with E-state index < -0.39 is 11.9 Å². The maximum Gasteiger partial charge on any atom is 0.338 e. The summed E-state index contributed by atoms with van der Waals surface area (Å²) in [6.07, 6.45) is 4.09. The number of carbonyl (C=O) groups is 2. The Morgan fingerprint density at radius 2 is 2.03 bits per heavy atom. The van der Waals surface area contributed by atoms with E-state index in [0.717, 1.165) is 5.56 Å². The summed E-state index contributed by atoms with van der Waals surface area (Å²) in [5, 5.41) is 14.9. The largest absolute Gasteiger partial charge is 0.462 e. The Hall–Kier alpha value is -4.06. The normalized spacial score (nSPS) is 10.2. The standard InChI is InChI=1S/C20H17N5O4/c21-10-9-17(26)23-16-7-5-14(6-8-16)20(27)28-12-2-4-18-24-19(25-29-18)15-3-1-11-22-13-15/h1,3,5-8,11,13H,2,4,9,12H2,(H,23,26). The SMILES string of the molecule is N#CCC(=O)Nc1ccc(C(=O)OCCCc2nc(-c3cccnc3)no2)cc1. The zero-order valence-corrected chi connectivity index (χ0v) is 15.4. The lowest BCUT2D eigenvalue weighted by Gasteiger charge is -2.06. The van der Waals surface area contributed by atoms with Gasteiger partial charge in [0.15, 0.2) is 0 Å². The van der Waals surface area contributed by atoms with Crippen molar-refractivity contribution < 1.29 is 18.8 Å². The van der Waals surface area contributed by atoms with E-state index in [0.29, 0.717) is 35.8 Å². The molecule has 0 aliphatic carbocycles. The van der Waals surface area contributed by atoms with Crippen LogP contribution in [0.1, 0.15) is 29.1 Å². The van der Waals surface area contributed by atoms with Crippen molar-refractivity contribution in [1.29, 1.82) is 5.26 Å². The molecule has 3 rings (SSSR count). The van der Waals surface area contributed by atoms with Crippen molar-refractivity contribution in [1.82, 2.24) is 15.1 Å². The summed E-state index contributed by atoms with van der Waals surface area (Å²) in [5.41, 5.74) is 1.63. The van der Waals surface area contributed by atoms with Crippen molar-refractivity contribution >= 4 is 17.6 Å². The molecule has 0 fully saturated rings. The van der Waals surface area contributed by atoms with Gasteiger partial charge < -0.3 is 14.6 Å². The highest BCUT2D eigenvalue weighted by molar-refractivity contribution is 5.93. The molecule has 0 unspecified atom stereocenters. The van der Waals surface area contributed by atoms with Crippen molar-refractivity contribution in [2.45, 2.75) is 19.3 Å². The molecule has 0 atom stereocenters. The van der Waals surface area contributed by atoms with Gasteiger partial charge in [-0.3, -0.25) is 9.78 Å². The molecule has 0 saturated heterocycles. The molecule has 0 aliphatic rings.